The average molecular weight is 327 g/mol. The SMILES string of the molecule is CN(C(=O)OC(C)(C)C)c1sc(-c2cncc(F)c2)nc1F. The third-order valence-corrected chi connectivity index (χ3v) is 3.65. The molecule has 2 aromatic heterocycles. The summed E-state index contributed by atoms with van der Waals surface area (Å²) in [5, 5.41) is 0.225. The van der Waals surface area contributed by atoms with Crippen LogP contribution in [-0.4, -0.2) is 28.7 Å². The molecule has 0 saturated heterocycles. The fourth-order valence-corrected chi connectivity index (χ4v) is 2.45. The molecule has 5 nitrogen and oxygen atoms in total. The highest BCUT2D eigenvalue weighted by molar-refractivity contribution is 7.19. The first-order valence-electron chi connectivity index (χ1n) is 6.41. The molecule has 2 heterocycles. The third-order valence-electron chi connectivity index (χ3n) is 2.49. The van der Waals surface area contributed by atoms with E-state index in [2.05, 4.69) is 9.97 Å². The van der Waals surface area contributed by atoms with Crippen molar-refractivity contribution in [2.45, 2.75) is 26.4 Å². The lowest BCUT2D eigenvalue weighted by molar-refractivity contribution is 0.0589. The minimum absolute atomic E-state index is 0.00601. The molecule has 0 saturated carbocycles. The highest BCUT2D eigenvalue weighted by Gasteiger charge is 2.25. The largest absolute Gasteiger partial charge is 0.443 e. The van der Waals surface area contributed by atoms with Crippen LogP contribution >= 0.6 is 11.3 Å². The molecule has 0 radical (unpaired) electrons. The summed E-state index contributed by atoms with van der Waals surface area (Å²) in [4.78, 5) is 20.4. The smallest absolute Gasteiger partial charge is 0.415 e. The number of halogens is 2. The second-order valence-electron chi connectivity index (χ2n) is 5.55. The van der Waals surface area contributed by atoms with Crippen LogP contribution in [0.1, 0.15) is 20.8 Å². The average Bonchev–Trinajstić information content (AvgIpc) is 2.78. The van der Waals surface area contributed by atoms with E-state index in [0.717, 1.165) is 22.4 Å². The number of pyridine rings is 1. The zero-order valence-corrected chi connectivity index (χ0v) is 13.4. The number of hydrogen-bond acceptors (Lipinski definition) is 5. The van der Waals surface area contributed by atoms with E-state index in [1.54, 1.807) is 20.8 Å². The van der Waals surface area contributed by atoms with Gasteiger partial charge in [-0.25, -0.2) is 14.2 Å². The lowest BCUT2D eigenvalue weighted by Gasteiger charge is -2.23. The van der Waals surface area contributed by atoms with E-state index in [4.69, 9.17) is 4.74 Å². The van der Waals surface area contributed by atoms with Crippen molar-refractivity contribution in [2.75, 3.05) is 11.9 Å². The number of nitrogens with zero attached hydrogens (tertiary/aromatic N) is 3. The van der Waals surface area contributed by atoms with Gasteiger partial charge in [0, 0.05) is 18.8 Å². The van der Waals surface area contributed by atoms with Crippen molar-refractivity contribution in [3.8, 4) is 10.6 Å². The van der Waals surface area contributed by atoms with Gasteiger partial charge in [0.05, 0.1) is 6.20 Å². The maximum Gasteiger partial charge on any atom is 0.415 e. The standard InChI is InChI=1S/C14H15F2N3O2S/c1-14(2,3)21-13(20)19(4)12-10(16)18-11(22-12)8-5-9(15)7-17-6-8/h5-7H,1-4H3. The summed E-state index contributed by atoms with van der Waals surface area (Å²) in [5.74, 6) is -1.37. The minimum Gasteiger partial charge on any atom is -0.443 e. The van der Waals surface area contributed by atoms with Crippen LogP contribution in [0.25, 0.3) is 10.6 Å². The van der Waals surface area contributed by atoms with Crippen molar-refractivity contribution < 1.29 is 18.3 Å². The maximum atomic E-state index is 14.0. The molecule has 0 atom stereocenters. The van der Waals surface area contributed by atoms with E-state index in [-0.39, 0.29) is 10.0 Å². The minimum atomic E-state index is -0.822. The van der Waals surface area contributed by atoms with Crippen LogP contribution in [0.2, 0.25) is 0 Å². The van der Waals surface area contributed by atoms with Crippen LogP contribution in [0.4, 0.5) is 18.6 Å². The molecule has 0 fully saturated rings. The lowest BCUT2D eigenvalue weighted by Crippen LogP contribution is -2.34. The van der Waals surface area contributed by atoms with Crippen molar-refractivity contribution in [1.82, 2.24) is 9.97 Å². The van der Waals surface area contributed by atoms with Gasteiger partial charge in [-0.1, -0.05) is 11.3 Å². The number of ether oxygens (including phenoxy) is 1. The zero-order valence-electron chi connectivity index (χ0n) is 12.6. The summed E-state index contributed by atoms with van der Waals surface area (Å²) >= 11 is 0.916. The van der Waals surface area contributed by atoms with E-state index in [0.29, 0.717) is 5.56 Å². The molecule has 0 aromatic carbocycles. The van der Waals surface area contributed by atoms with Gasteiger partial charge in [-0.2, -0.15) is 4.39 Å². The predicted octanol–water partition coefficient (Wildman–Crippen LogP) is 3.85. The first-order chi connectivity index (χ1) is 10.2. The number of carbonyl (C=O) groups is 1. The zero-order chi connectivity index (χ0) is 16.5. The Labute approximate surface area is 130 Å². The van der Waals surface area contributed by atoms with Gasteiger partial charge in [-0.15, -0.1) is 0 Å². The highest BCUT2D eigenvalue weighted by atomic mass is 32.1. The molecule has 0 aliphatic rings. The topological polar surface area (TPSA) is 55.3 Å². The first kappa shape index (κ1) is 16.3. The Bertz CT molecular complexity index is 698. The molecule has 0 bridgehead atoms. The van der Waals surface area contributed by atoms with Gasteiger partial charge in [-0.3, -0.25) is 9.88 Å². The normalized spacial score (nSPS) is 11.4. The van der Waals surface area contributed by atoms with E-state index in [1.165, 1.54) is 19.3 Å². The lowest BCUT2D eigenvalue weighted by atomic mass is 10.2. The molecule has 8 heteroatoms. The number of thiazole rings is 1. The van der Waals surface area contributed by atoms with Gasteiger partial charge in [0.2, 0.25) is 5.95 Å². The molecule has 118 valence electrons. The Morgan fingerprint density at radius 1 is 1.32 bits per heavy atom. The van der Waals surface area contributed by atoms with Crippen molar-refractivity contribution >= 4 is 22.4 Å². The van der Waals surface area contributed by atoms with Gasteiger partial charge in [0.25, 0.3) is 0 Å². The summed E-state index contributed by atoms with van der Waals surface area (Å²) in [5.41, 5.74) is -0.352. The van der Waals surface area contributed by atoms with Crippen LogP contribution in [-0.2, 0) is 4.74 Å². The molecule has 0 N–H and O–H groups in total. The molecule has 0 unspecified atom stereocenters. The van der Waals surface area contributed by atoms with Gasteiger partial charge in [0.15, 0.2) is 5.00 Å². The fourth-order valence-electron chi connectivity index (χ4n) is 1.57. The molecular formula is C14H15F2N3O2S. The van der Waals surface area contributed by atoms with Crippen molar-refractivity contribution in [1.29, 1.82) is 0 Å². The van der Waals surface area contributed by atoms with Crippen LogP contribution in [0.3, 0.4) is 0 Å². The summed E-state index contributed by atoms with van der Waals surface area (Å²) < 4.78 is 32.3. The summed E-state index contributed by atoms with van der Waals surface area (Å²) in [6.45, 7) is 5.14. The van der Waals surface area contributed by atoms with E-state index < -0.39 is 23.5 Å². The number of rotatable bonds is 2. The molecule has 2 rings (SSSR count). The number of amides is 1. The molecule has 0 spiro atoms. The van der Waals surface area contributed by atoms with Crippen LogP contribution in [0, 0.1) is 11.8 Å². The van der Waals surface area contributed by atoms with E-state index >= 15 is 0 Å². The highest BCUT2D eigenvalue weighted by Crippen LogP contribution is 2.33. The number of carbonyl (C=O) groups excluding carboxylic acids is 1. The number of anilines is 1. The Morgan fingerprint density at radius 2 is 2.00 bits per heavy atom. The molecule has 0 aliphatic carbocycles. The second kappa shape index (κ2) is 5.96. The van der Waals surface area contributed by atoms with Gasteiger partial charge >= 0.3 is 6.09 Å². The monoisotopic (exact) mass is 327 g/mol. The fraction of sp³-hybridized carbons (Fsp3) is 0.357. The molecule has 0 aliphatic heterocycles. The Kier molecular flexibility index (Phi) is 4.41. The van der Waals surface area contributed by atoms with Crippen molar-refractivity contribution in [3.63, 3.8) is 0 Å². The van der Waals surface area contributed by atoms with Gasteiger partial charge < -0.3 is 4.74 Å². The quantitative estimate of drug-likeness (QED) is 0.840. The number of aromatic nitrogens is 2. The maximum absolute atomic E-state index is 14.0. The molecule has 22 heavy (non-hydrogen) atoms. The predicted molar refractivity (Wildman–Crippen MR) is 79.9 cm³/mol. The molecular weight excluding hydrogens is 312 g/mol. The van der Waals surface area contributed by atoms with Gasteiger partial charge in [-0.05, 0) is 26.8 Å². The molecule has 2 aromatic rings. The second-order valence-corrected chi connectivity index (χ2v) is 6.52. The van der Waals surface area contributed by atoms with Crippen LogP contribution in [0.5, 0.6) is 0 Å². The summed E-state index contributed by atoms with van der Waals surface area (Å²) in [6.07, 6.45) is 1.72. The van der Waals surface area contributed by atoms with Crippen LogP contribution in [0.15, 0.2) is 18.5 Å². The van der Waals surface area contributed by atoms with E-state index in [9.17, 15) is 13.6 Å². The Hall–Kier alpha value is -2.09. The van der Waals surface area contributed by atoms with Crippen LogP contribution < -0.4 is 4.90 Å². The van der Waals surface area contributed by atoms with Gasteiger partial charge in [0.1, 0.15) is 16.4 Å². The Balaban J connectivity index is 2.28. The summed E-state index contributed by atoms with van der Waals surface area (Å²) in [6, 6.07) is 1.20. The third kappa shape index (κ3) is 3.76. The van der Waals surface area contributed by atoms with Crippen molar-refractivity contribution in [2.24, 2.45) is 0 Å². The summed E-state index contributed by atoms with van der Waals surface area (Å²) in [7, 11) is 1.39. The van der Waals surface area contributed by atoms with E-state index in [1.807, 2.05) is 0 Å². The first-order valence-corrected chi connectivity index (χ1v) is 7.23. The molecule has 1 amide bonds. The number of hydrogen-bond donors (Lipinski definition) is 0. The Morgan fingerprint density at radius 3 is 2.59 bits per heavy atom. The van der Waals surface area contributed by atoms with Crippen molar-refractivity contribution in [3.05, 3.63) is 30.2 Å².